The van der Waals surface area contributed by atoms with Crippen molar-refractivity contribution in [1.82, 2.24) is 5.32 Å². The molecule has 3 rings (SSSR count). The predicted octanol–water partition coefficient (Wildman–Crippen LogP) is 4.50. The molecule has 1 heteroatoms. The molecule has 1 spiro atoms. The molecule has 0 heterocycles. The van der Waals surface area contributed by atoms with Crippen LogP contribution in [0.15, 0.2) is 18.2 Å². The minimum Gasteiger partial charge on any atom is -0.319 e. The molecule has 0 saturated heterocycles. The molecule has 0 aromatic heterocycles. The highest BCUT2D eigenvalue weighted by Crippen LogP contribution is 2.61. The van der Waals surface area contributed by atoms with Crippen LogP contribution in [0.3, 0.4) is 0 Å². The van der Waals surface area contributed by atoms with E-state index in [1.165, 1.54) is 56.1 Å². The number of hydrogen-bond donors (Lipinski definition) is 1. The summed E-state index contributed by atoms with van der Waals surface area (Å²) in [6, 6.07) is 7.14. The van der Waals surface area contributed by atoms with Gasteiger partial charge < -0.3 is 5.32 Å². The van der Waals surface area contributed by atoms with Crippen LogP contribution >= 0.6 is 0 Å². The summed E-state index contributed by atoms with van der Waals surface area (Å²) in [5.41, 5.74) is 5.53. The minimum absolute atomic E-state index is 0.407. The largest absolute Gasteiger partial charge is 0.319 e. The summed E-state index contributed by atoms with van der Waals surface area (Å²) in [4.78, 5) is 0. The number of hydrogen-bond acceptors (Lipinski definition) is 1. The van der Waals surface area contributed by atoms with E-state index in [0.29, 0.717) is 10.8 Å². The van der Waals surface area contributed by atoms with E-state index in [4.69, 9.17) is 0 Å². The van der Waals surface area contributed by atoms with Gasteiger partial charge >= 0.3 is 0 Å². The second-order valence-electron chi connectivity index (χ2n) is 7.52. The van der Waals surface area contributed by atoms with Crippen LogP contribution in [-0.2, 0) is 5.41 Å². The summed E-state index contributed by atoms with van der Waals surface area (Å²) < 4.78 is 0. The van der Waals surface area contributed by atoms with E-state index in [9.17, 15) is 0 Å². The number of nitrogens with one attached hydrogen (secondary N) is 1. The summed E-state index contributed by atoms with van der Waals surface area (Å²) in [5, 5.41) is 3.47. The first-order valence-electron chi connectivity index (χ1n) is 8.32. The van der Waals surface area contributed by atoms with E-state index in [1.807, 2.05) is 0 Å². The Bertz CT molecular complexity index is 475. The Kier molecular flexibility index (Phi) is 3.66. The van der Waals surface area contributed by atoms with E-state index < -0.39 is 0 Å². The second-order valence-corrected chi connectivity index (χ2v) is 7.52. The predicted molar refractivity (Wildman–Crippen MR) is 86.3 cm³/mol. The monoisotopic (exact) mass is 271 g/mol. The lowest BCUT2D eigenvalue weighted by molar-refractivity contribution is -0.0119. The van der Waals surface area contributed by atoms with Crippen molar-refractivity contribution in [3.05, 3.63) is 34.9 Å². The fourth-order valence-electron chi connectivity index (χ4n) is 4.88. The van der Waals surface area contributed by atoms with Crippen molar-refractivity contribution in [3.8, 4) is 0 Å². The summed E-state index contributed by atoms with van der Waals surface area (Å²) >= 11 is 0. The molecule has 0 aliphatic heterocycles. The number of aryl methyl sites for hydroxylation is 2. The van der Waals surface area contributed by atoms with Crippen LogP contribution < -0.4 is 5.32 Å². The molecule has 0 atom stereocenters. The first-order valence-corrected chi connectivity index (χ1v) is 8.32. The van der Waals surface area contributed by atoms with Crippen LogP contribution in [0.25, 0.3) is 0 Å². The highest BCUT2D eigenvalue weighted by molar-refractivity contribution is 5.38. The van der Waals surface area contributed by atoms with Gasteiger partial charge in [-0.3, -0.25) is 0 Å². The van der Waals surface area contributed by atoms with Crippen molar-refractivity contribution < 1.29 is 0 Å². The van der Waals surface area contributed by atoms with E-state index in [-0.39, 0.29) is 0 Å². The molecule has 0 bridgehead atoms. The highest BCUT2D eigenvalue weighted by Gasteiger charge is 2.54. The van der Waals surface area contributed by atoms with Gasteiger partial charge in [0.15, 0.2) is 0 Å². The molecule has 1 N–H and O–H groups in total. The molecule has 20 heavy (non-hydrogen) atoms. The molecule has 110 valence electrons. The van der Waals surface area contributed by atoms with Crippen LogP contribution in [0, 0.1) is 19.3 Å². The van der Waals surface area contributed by atoms with Gasteiger partial charge in [0.2, 0.25) is 0 Å². The van der Waals surface area contributed by atoms with E-state index in [2.05, 4.69) is 44.4 Å². The maximum atomic E-state index is 3.47. The van der Waals surface area contributed by atoms with Gasteiger partial charge in [-0.05, 0) is 68.7 Å². The van der Waals surface area contributed by atoms with Gasteiger partial charge in [-0.15, -0.1) is 0 Å². The molecule has 0 unspecified atom stereocenters. The molecule has 0 amide bonds. The summed E-state index contributed by atoms with van der Waals surface area (Å²) in [7, 11) is 2.11. The SMILES string of the molecule is CNCC1(c2ccc(C)c(C)c2)CC2(CCCCC2)C1. The first kappa shape index (κ1) is 14.1. The molecule has 1 nitrogen and oxygen atoms in total. The van der Waals surface area contributed by atoms with Gasteiger partial charge in [0.1, 0.15) is 0 Å². The van der Waals surface area contributed by atoms with Gasteiger partial charge in [0, 0.05) is 12.0 Å². The Balaban J connectivity index is 1.84. The Hall–Kier alpha value is -0.820. The maximum absolute atomic E-state index is 3.47. The average Bonchev–Trinajstić information content (AvgIpc) is 2.41. The van der Waals surface area contributed by atoms with Gasteiger partial charge in [0.05, 0.1) is 0 Å². The van der Waals surface area contributed by atoms with Gasteiger partial charge in [-0.1, -0.05) is 37.5 Å². The molecular formula is C19H29N. The molecule has 0 radical (unpaired) electrons. The third-order valence-corrected chi connectivity index (χ3v) is 5.98. The van der Waals surface area contributed by atoms with Gasteiger partial charge in [-0.2, -0.15) is 0 Å². The Morgan fingerprint density at radius 2 is 1.70 bits per heavy atom. The Labute approximate surface area is 124 Å². The normalized spacial score (nSPS) is 23.6. The van der Waals surface area contributed by atoms with E-state index in [0.717, 1.165) is 6.54 Å². The maximum Gasteiger partial charge on any atom is 0.00883 e. The third kappa shape index (κ3) is 2.30. The molecular weight excluding hydrogens is 242 g/mol. The van der Waals surface area contributed by atoms with Crippen molar-refractivity contribution >= 4 is 0 Å². The first-order chi connectivity index (χ1) is 9.59. The third-order valence-electron chi connectivity index (χ3n) is 5.98. The molecule has 2 aliphatic rings. The lowest BCUT2D eigenvalue weighted by atomic mass is 9.46. The van der Waals surface area contributed by atoms with Crippen molar-refractivity contribution in [2.75, 3.05) is 13.6 Å². The number of rotatable bonds is 3. The lowest BCUT2D eigenvalue weighted by Gasteiger charge is -2.59. The molecule has 2 saturated carbocycles. The average molecular weight is 271 g/mol. The van der Waals surface area contributed by atoms with Gasteiger partial charge in [0.25, 0.3) is 0 Å². The standard InChI is InChI=1S/C19H29N/c1-15-7-8-17(11-16(15)2)19(14-20-3)12-18(13-19)9-5-4-6-10-18/h7-8,11,20H,4-6,9-10,12-14H2,1-3H3. The summed E-state index contributed by atoms with van der Waals surface area (Å²) in [6.07, 6.45) is 10.1. The van der Waals surface area contributed by atoms with E-state index >= 15 is 0 Å². The van der Waals surface area contributed by atoms with E-state index in [1.54, 1.807) is 5.56 Å². The van der Waals surface area contributed by atoms with Crippen molar-refractivity contribution in [3.63, 3.8) is 0 Å². The molecule has 1 aromatic carbocycles. The molecule has 2 fully saturated rings. The van der Waals surface area contributed by atoms with Crippen LogP contribution in [0.1, 0.15) is 61.6 Å². The zero-order chi connectivity index (χ0) is 14.2. The fraction of sp³-hybridized carbons (Fsp3) is 0.684. The van der Waals surface area contributed by atoms with Crippen molar-refractivity contribution in [1.29, 1.82) is 0 Å². The van der Waals surface area contributed by atoms with Crippen molar-refractivity contribution in [2.24, 2.45) is 5.41 Å². The highest BCUT2D eigenvalue weighted by atomic mass is 14.8. The second kappa shape index (κ2) is 5.18. The molecule has 2 aliphatic carbocycles. The number of likely N-dealkylation sites (N-methyl/N-ethyl adjacent to an activating group) is 1. The molecule has 1 aromatic rings. The Morgan fingerprint density at radius 3 is 2.30 bits per heavy atom. The Morgan fingerprint density at radius 1 is 1.00 bits per heavy atom. The van der Waals surface area contributed by atoms with Crippen LogP contribution in [0.4, 0.5) is 0 Å². The smallest absolute Gasteiger partial charge is 0.00883 e. The number of benzene rings is 1. The zero-order valence-corrected chi connectivity index (χ0v) is 13.4. The lowest BCUT2D eigenvalue weighted by Crippen LogP contribution is -2.55. The van der Waals surface area contributed by atoms with Crippen LogP contribution in [0.2, 0.25) is 0 Å². The summed E-state index contributed by atoms with van der Waals surface area (Å²) in [6.45, 7) is 5.60. The van der Waals surface area contributed by atoms with Crippen molar-refractivity contribution in [2.45, 2.75) is 64.2 Å². The topological polar surface area (TPSA) is 12.0 Å². The summed E-state index contributed by atoms with van der Waals surface area (Å²) in [5.74, 6) is 0. The van der Waals surface area contributed by atoms with Crippen LogP contribution in [-0.4, -0.2) is 13.6 Å². The minimum atomic E-state index is 0.407. The quantitative estimate of drug-likeness (QED) is 0.853. The van der Waals surface area contributed by atoms with Gasteiger partial charge in [-0.25, -0.2) is 0 Å². The van der Waals surface area contributed by atoms with Crippen LogP contribution in [0.5, 0.6) is 0 Å². The fourth-order valence-corrected chi connectivity index (χ4v) is 4.88. The zero-order valence-electron chi connectivity index (χ0n) is 13.4.